The highest BCUT2D eigenvalue weighted by atomic mass is 16.1. The summed E-state index contributed by atoms with van der Waals surface area (Å²) in [7, 11) is 0. The van der Waals surface area contributed by atoms with E-state index < -0.39 is 0 Å². The molecule has 1 aliphatic carbocycles. The lowest BCUT2D eigenvalue weighted by Crippen LogP contribution is -2.50. The van der Waals surface area contributed by atoms with Crippen LogP contribution in [-0.2, 0) is 19.4 Å². The zero-order valence-corrected chi connectivity index (χ0v) is 14.0. The molecule has 4 heterocycles. The molecular weight excluding hydrogens is 316 g/mol. The molecule has 0 aromatic carbocycles. The molecule has 1 saturated heterocycles. The molecule has 128 valence electrons. The fourth-order valence-electron chi connectivity index (χ4n) is 3.95. The Morgan fingerprint density at radius 1 is 1.20 bits per heavy atom. The van der Waals surface area contributed by atoms with Crippen molar-refractivity contribution in [3.63, 3.8) is 0 Å². The van der Waals surface area contributed by atoms with Crippen LogP contribution in [0.3, 0.4) is 0 Å². The van der Waals surface area contributed by atoms with Gasteiger partial charge in [0, 0.05) is 31.3 Å². The van der Waals surface area contributed by atoms with Gasteiger partial charge in [0.25, 0.3) is 5.56 Å². The molecule has 2 aliphatic rings. The molecule has 0 radical (unpaired) electrons. The lowest BCUT2D eigenvalue weighted by Gasteiger charge is -2.40. The van der Waals surface area contributed by atoms with Gasteiger partial charge in [-0.25, -0.2) is 14.6 Å². The summed E-state index contributed by atoms with van der Waals surface area (Å²) in [5, 5.41) is 5.68. The Bertz CT molecular complexity index is 985. The molecule has 0 spiro atoms. The monoisotopic (exact) mass is 336 g/mol. The van der Waals surface area contributed by atoms with E-state index in [0.717, 1.165) is 54.0 Å². The van der Waals surface area contributed by atoms with E-state index in [9.17, 15) is 4.79 Å². The molecule has 7 nitrogen and oxygen atoms in total. The summed E-state index contributed by atoms with van der Waals surface area (Å²) in [5.74, 6) is 1.39. The molecule has 0 unspecified atom stereocenters. The van der Waals surface area contributed by atoms with Gasteiger partial charge in [0.2, 0.25) is 0 Å². The molecule has 0 saturated carbocycles. The van der Waals surface area contributed by atoms with Crippen molar-refractivity contribution in [1.82, 2.24) is 24.7 Å². The average Bonchev–Trinajstić information content (AvgIpc) is 3.07. The highest BCUT2D eigenvalue weighted by Crippen LogP contribution is 2.29. The zero-order valence-electron chi connectivity index (χ0n) is 14.0. The first-order valence-electron chi connectivity index (χ1n) is 8.91. The van der Waals surface area contributed by atoms with Crippen molar-refractivity contribution in [3.8, 4) is 0 Å². The van der Waals surface area contributed by atoms with Gasteiger partial charge in [0.15, 0.2) is 0 Å². The Morgan fingerprint density at radius 3 is 3.00 bits per heavy atom. The van der Waals surface area contributed by atoms with Crippen LogP contribution >= 0.6 is 0 Å². The maximum Gasteiger partial charge on any atom is 0.267 e. The molecule has 7 heteroatoms. The number of hydrogen-bond donors (Lipinski definition) is 1. The van der Waals surface area contributed by atoms with Crippen molar-refractivity contribution in [3.05, 3.63) is 46.3 Å². The van der Waals surface area contributed by atoms with Gasteiger partial charge in [-0.05, 0) is 37.3 Å². The van der Waals surface area contributed by atoms with E-state index in [2.05, 4.69) is 25.0 Å². The highest BCUT2D eigenvalue weighted by molar-refractivity contribution is 5.87. The van der Waals surface area contributed by atoms with Gasteiger partial charge >= 0.3 is 0 Å². The molecular formula is C18H20N6O. The molecule has 1 fully saturated rings. The van der Waals surface area contributed by atoms with Crippen LogP contribution in [0.4, 0.5) is 5.82 Å². The Balaban J connectivity index is 1.32. The van der Waals surface area contributed by atoms with E-state index in [0.29, 0.717) is 12.5 Å². The standard InChI is InChI=1S/C18H20N6O/c25-16-7-13-3-1-2-4-15(13)22-24(16)10-12-8-23(9-12)18-14-5-6-19-17(14)20-11-21-18/h5-7,11-12H,1-4,8-10H2,(H,19,20,21). The van der Waals surface area contributed by atoms with Crippen LogP contribution in [0.2, 0.25) is 0 Å². The van der Waals surface area contributed by atoms with Gasteiger partial charge in [-0.2, -0.15) is 5.10 Å². The smallest absolute Gasteiger partial charge is 0.267 e. The third-order valence-corrected chi connectivity index (χ3v) is 5.29. The number of H-pyrrole nitrogens is 1. The minimum atomic E-state index is 0.0363. The number of nitrogens with zero attached hydrogens (tertiary/aromatic N) is 5. The summed E-state index contributed by atoms with van der Waals surface area (Å²) in [5.41, 5.74) is 3.17. The van der Waals surface area contributed by atoms with Crippen molar-refractivity contribution in [1.29, 1.82) is 0 Å². The second-order valence-corrected chi connectivity index (χ2v) is 7.05. The molecule has 0 atom stereocenters. The number of aromatic nitrogens is 5. The van der Waals surface area contributed by atoms with E-state index in [1.807, 2.05) is 12.3 Å². The normalized spacial score (nSPS) is 17.5. The topological polar surface area (TPSA) is 79.7 Å². The molecule has 1 aliphatic heterocycles. The maximum atomic E-state index is 12.3. The number of nitrogens with one attached hydrogen (secondary N) is 1. The van der Waals surface area contributed by atoms with Gasteiger partial charge in [-0.1, -0.05) is 0 Å². The van der Waals surface area contributed by atoms with E-state index in [-0.39, 0.29) is 5.56 Å². The first kappa shape index (κ1) is 14.6. The molecule has 0 bridgehead atoms. The molecule has 0 amide bonds. The summed E-state index contributed by atoms with van der Waals surface area (Å²) in [6.07, 6.45) is 7.82. The predicted octanol–water partition coefficient (Wildman–Crippen LogP) is 1.53. The Labute approximate surface area is 144 Å². The lowest BCUT2D eigenvalue weighted by molar-refractivity contribution is 0.330. The van der Waals surface area contributed by atoms with Gasteiger partial charge in [0.1, 0.15) is 17.8 Å². The maximum absolute atomic E-state index is 12.3. The van der Waals surface area contributed by atoms with E-state index >= 15 is 0 Å². The van der Waals surface area contributed by atoms with E-state index in [1.54, 1.807) is 17.1 Å². The third kappa shape index (κ3) is 2.50. The van der Waals surface area contributed by atoms with Gasteiger partial charge in [-0.15, -0.1) is 0 Å². The molecule has 3 aromatic rings. The first-order valence-corrected chi connectivity index (χ1v) is 8.91. The van der Waals surface area contributed by atoms with Crippen LogP contribution in [0.15, 0.2) is 29.5 Å². The molecule has 1 N–H and O–H groups in total. The predicted molar refractivity (Wildman–Crippen MR) is 94.7 cm³/mol. The summed E-state index contributed by atoms with van der Waals surface area (Å²) in [4.78, 5) is 26.3. The van der Waals surface area contributed by atoms with Crippen LogP contribution in [0.1, 0.15) is 24.1 Å². The van der Waals surface area contributed by atoms with Gasteiger partial charge in [0.05, 0.1) is 17.6 Å². The van der Waals surface area contributed by atoms with Crippen molar-refractivity contribution >= 4 is 16.9 Å². The van der Waals surface area contributed by atoms with E-state index in [4.69, 9.17) is 0 Å². The largest absolute Gasteiger partial charge is 0.355 e. The average molecular weight is 336 g/mol. The summed E-state index contributed by atoms with van der Waals surface area (Å²) >= 11 is 0. The number of aryl methyl sites for hydroxylation is 2. The zero-order chi connectivity index (χ0) is 16.8. The van der Waals surface area contributed by atoms with Gasteiger partial charge < -0.3 is 9.88 Å². The second-order valence-electron chi connectivity index (χ2n) is 7.05. The minimum absolute atomic E-state index is 0.0363. The third-order valence-electron chi connectivity index (χ3n) is 5.29. The molecule has 25 heavy (non-hydrogen) atoms. The molecule has 5 rings (SSSR count). The van der Waals surface area contributed by atoms with Crippen LogP contribution in [0, 0.1) is 5.92 Å². The van der Waals surface area contributed by atoms with Crippen molar-refractivity contribution in [2.45, 2.75) is 32.2 Å². The fraction of sp³-hybridized carbons (Fsp3) is 0.444. The lowest BCUT2D eigenvalue weighted by atomic mass is 9.96. The first-order chi connectivity index (χ1) is 12.3. The number of rotatable bonds is 3. The Hall–Kier alpha value is -2.70. The molecule has 3 aromatic heterocycles. The van der Waals surface area contributed by atoms with Crippen LogP contribution in [0.25, 0.3) is 11.0 Å². The van der Waals surface area contributed by atoms with Crippen molar-refractivity contribution in [2.75, 3.05) is 18.0 Å². The number of anilines is 1. The van der Waals surface area contributed by atoms with Crippen molar-refractivity contribution in [2.24, 2.45) is 5.92 Å². The highest BCUT2D eigenvalue weighted by Gasteiger charge is 2.30. The number of fused-ring (bicyclic) bond motifs is 2. The summed E-state index contributed by atoms with van der Waals surface area (Å²) in [6.45, 7) is 2.47. The Morgan fingerprint density at radius 2 is 2.08 bits per heavy atom. The summed E-state index contributed by atoms with van der Waals surface area (Å²) in [6, 6.07) is 3.80. The Kier molecular flexibility index (Phi) is 3.33. The number of aromatic amines is 1. The quantitative estimate of drug-likeness (QED) is 0.785. The van der Waals surface area contributed by atoms with E-state index in [1.165, 1.54) is 12.8 Å². The van der Waals surface area contributed by atoms with Gasteiger partial charge in [-0.3, -0.25) is 4.79 Å². The number of hydrogen-bond acceptors (Lipinski definition) is 5. The fourth-order valence-corrected chi connectivity index (χ4v) is 3.95. The van der Waals surface area contributed by atoms with Crippen LogP contribution in [0.5, 0.6) is 0 Å². The van der Waals surface area contributed by atoms with Crippen LogP contribution in [-0.4, -0.2) is 37.8 Å². The van der Waals surface area contributed by atoms with Crippen molar-refractivity contribution < 1.29 is 0 Å². The van der Waals surface area contributed by atoms with Crippen LogP contribution < -0.4 is 10.5 Å². The SMILES string of the molecule is O=c1cc2c(nn1CC1CN(c3ncnc4[nH]ccc34)C1)CCCC2. The summed E-state index contributed by atoms with van der Waals surface area (Å²) < 4.78 is 1.66. The minimum Gasteiger partial charge on any atom is -0.355 e. The second kappa shape index (κ2) is 5.68.